The summed E-state index contributed by atoms with van der Waals surface area (Å²) in [5.74, 6) is -0.642. The molecule has 1 N–H and O–H groups in total. The maximum absolute atomic E-state index is 12.9. The highest BCUT2D eigenvalue weighted by molar-refractivity contribution is 8.26. The molecule has 2 heterocycles. The van der Waals surface area contributed by atoms with E-state index < -0.39 is 12.5 Å². The first-order valence-corrected chi connectivity index (χ1v) is 14.7. The van der Waals surface area contributed by atoms with E-state index in [1.165, 1.54) is 12.0 Å². The van der Waals surface area contributed by atoms with Crippen molar-refractivity contribution >= 4 is 46.3 Å². The summed E-state index contributed by atoms with van der Waals surface area (Å²) in [5, 5.41) is 9.15. The Morgan fingerprint density at radius 1 is 1.02 bits per heavy atom. The van der Waals surface area contributed by atoms with Crippen LogP contribution in [0.4, 0.5) is 0 Å². The molecule has 0 radical (unpaired) electrons. The lowest BCUT2D eigenvalue weighted by atomic mass is 9.94. The van der Waals surface area contributed by atoms with Crippen LogP contribution in [0.2, 0.25) is 0 Å². The van der Waals surface area contributed by atoms with Crippen molar-refractivity contribution in [2.45, 2.75) is 44.9 Å². The number of benzene rings is 3. The predicted octanol–water partition coefficient (Wildman–Crippen LogP) is 6.15. The van der Waals surface area contributed by atoms with Crippen LogP contribution < -0.4 is 4.74 Å². The van der Waals surface area contributed by atoms with E-state index in [1.807, 2.05) is 42.5 Å². The molecule has 0 aromatic heterocycles. The van der Waals surface area contributed by atoms with Gasteiger partial charge in [-0.15, -0.1) is 0 Å². The van der Waals surface area contributed by atoms with Crippen LogP contribution in [0.5, 0.6) is 5.75 Å². The van der Waals surface area contributed by atoms with E-state index >= 15 is 0 Å². The first-order chi connectivity index (χ1) is 19.5. The van der Waals surface area contributed by atoms with Crippen LogP contribution in [-0.4, -0.2) is 50.2 Å². The monoisotopic (exact) mass is 572 g/mol. The first-order valence-electron chi connectivity index (χ1n) is 13.5. The van der Waals surface area contributed by atoms with Crippen LogP contribution in [0.3, 0.4) is 0 Å². The lowest BCUT2D eigenvalue weighted by Crippen LogP contribution is -2.40. The zero-order valence-corrected chi connectivity index (χ0v) is 23.8. The largest absolute Gasteiger partial charge is 0.489 e. The van der Waals surface area contributed by atoms with Crippen molar-refractivity contribution in [3.05, 3.63) is 106 Å². The van der Waals surface area contributed by atoms with Gasteiger partial charge >= 0.3 is 5.97 Å². The van der Waals surface area contributed by atoms with Crippen LogP contribution in [0.1, 0.15) is 41.5 Å². The Kier molecular flexibility index (Phi) is 9.31. The van der Waals surface area contributed by atoms with Crippen molar-refractivity contribution in [3.63, 3.8) is 0 Å². The Balaban J connectivity index is 1.40. The van der Waals surface area contributed by atoms with Gasteiger partial charge in [0, 0.05) is 18.2 Å². The summed E-state index contributed by atoms with van der Waals surface area (Å²) in [6.07, 6.45) is 6.34. The number of thioether (sulfide) groups is 1. The molecule has 1 unspecified atom stereocenters. The van der Waals surface area contributed by atoms with E-state index in [0.29, 0.717) is 17.6 Å². The molecule has 3 aromatic rings. The Hall–Kier alpha value is -3.46. The van der Waals surface area contributed by atoms with Gasteiger partial charge in [0.05, 0.1) is 4.91 Å². The number of carboxylic acid groups (broad SMARTS) is 1. The van der Waals surface area contributed by atoms with E-state index in [1.54, 1.807) is 6.08 Å². The van der Waals surface area contributed by atoms with E-state index in [2.05, 4.69) is 41.3 Å². The van der Waals surface area contributed by atoms with Gasteiger partial charge < -0.3 is 9.84 Å². The minimum absolute atomic E-state index is 0.263. The molecule has 8 heteroatoms. The molecular formula is C32H32N2O4S2. The number of carbonyl (C=O) groups is 2. The van der Waals surface area contributed by atoms with Crippen LogP contribution in [-0.2, 0) is 29.2 Å². The van der Waals surface area contributed by atoms with E-state index in [4.69, 9.17) is 22.1 Å². The van der Waals surface area contributed by atoms with E-state index in [-0.39, 0.29) is 10.2 Å². The normalized spacial score (nSPS) is 18.9. The predicted molar refractivity (Wildman–Crippen MR) is 163 cm³/mol. The van der Waals surface area contributed by atoms with Gasteiger partial charge in [-0.3, -0.25) is 19.4 Å². The molecule has 0 bridgehead atoms. The SMILES string of the molecule is O=C(O)CN1C(=O)C(=Cc2ccc(OCc3ccccc3)c(CN3CCCCC3Cc3ccccc3)c2)SC1=S. The fraction of sp³-hybridized carbons (Fsp3) is 0.281. The molecule has 0 aliphatic carbocycles. The Bertz CT molecular complexity index is 1390. The molecule has 2 aliphatic heterocycles. The van der Waals surface area contributed by atoms with Crippen LogP contribution in [0.25, 0.3) is 6.08 Å². The quantitative estimate of drug-likeness (QED) is 0.231. The van der Waals surface area contributed by atoms with Gasteiger partial charge in [0.15, 0.2) is 0 Å². The maximum atomic E-state index is 12.9. The molecule has 2 aliphatic rings. The van der Waals surface area contributed by atoms with Crippen LogP contribution >= 0.6 is 24.0 Å². The number of hydrogen-bond donors (Lipinski definition) is 1. The topological polar surface area (TPSA) is 70.1 Å². The van der Waals surface area contributed by atoms with Crippen molar-refractivity contribution in [3.8, 4) is 5.75 Å². The third-order valence-electron chi connectivity index (χ3n) is 7.22. The number of rotatable bonds is 10. The Morgan fingerprint density at radius 2 is 1.75 bits per heavy atom. The summed E-state index contributed by atoms with van der Waals surface area (Å²) in [7, 11) is 0. The standard InChI is InChI=1S/C32H32N2O4S2/c35-30(36)21-34-31(37)29(40-32(34)39)19-25-14-15-28(38-22-24-11-5-2-6-12-24)26(17-25)20-33-16-8-7-13-27(33)18-23-9-3-1-4-10-23/h1-6,9-12,14-15,17,19,27H,7-8,13,16,18,20-22H2,(H,35,36). The summed E-state index contributed by atoms with van der Waals surface area (Å²) in [6.45, 7) is 1.79. The van der Waals surface area contributed by atoms with Gasteiger partial charge in [-0.2, -0.15) is 0 Å². The second kappa shape index (κ2) is 13.3. The van der Waals surface area contributed by atoms with Gasteiger partial charge in [0.25, 0.3) is 5.91 Å². The number of amides is 1. The average Bonchev–Trinajstić information content (AvgIpc) is 3.21. The number of likely N-dealkylation sites (tertiary alicyclic amines) is 1. The molecule has 6 nitrogen and oxygen atoms in total. The minimum Gasteiger partial charge on any atom is -0.489 e. The van der Waals surface area contributed by atoms with Gasteiger partial charge in [-0.25, -0.2) is 0 Å². The van der Waals surface area contributed by atoms with Crippen LogP contribution in [0.15, 0.2) is 83.8 Å². The Morgan fingerprint density at radius 3 is 2.48 bits per heavy atom. The van der Waals surface area contributed by atoms with Crippen molar-refractivity contribution in [1.82, 2.24) is 9.80 Å². The Labute approximate surface area is 244 Å². The first kappa shape index (κ1) is 28.1. The fourth-order valence-corrected chi connectivity index (χ4v) is 6.47. The average molecular weight is 573 g/mol. The van der Waals surface area contributed by atoms with Gasteiger partial charge in [-0.1, -0.05) is 97.1 Å². The molecule has 2 saturated heterocycles. The molecule has 1 atom stereocenters. The van der Waals surface area contributed by atoms with E-state index in [9.17, 15) is 9.59 Å². The summed E-state index contributed by atoms with van der Waals surface area (Å²) in [5.41, 5.74) is 4.36. The van der Waals surface area contributed by atoms with E-state index in [0.717, 1.165) is 71.5 Å². The number of hydrogen-bond acceptors (Lipinski definition) is 6. The number of nitrogens with zero attached hydrogens (tertiary/aromatic N) is 2. The van der Waals surface area contributed by atoms with Gasteiger partial charge in [0.1, 0.15) is 23.2 Å². The summed E-state index contributed by atoms with van der Waals surface area (Å²) < 4.78 is 6.59. The lowest BCUT2D eigenvalue weighted by molar-refractivity contribution is -0.140. The molecule has 0 spiro atoms. The number of carboxylic acids is 1. The molecule has 0 saturated carbocycles. The third kappa shape index (κ3) is 7.18. The molecular weight excluding hydrogens is 540 g/mol. The number of thiocarbonyl (C=S) groups is 1. The summed E-state index contributed by atoms with van der Waals surface area (Å²) in [4.78, 5) is 28.2. The van der Waals surface area contributed by atoms with Gasteiger partial charge in [-0.05, 0) is 60.7 Å². The van der Waals surface area contributed by atoms with Crippen molar-refractivity contribution in [1.29, 1.82) is 0 Å². The molecule has 206 valence electrons. The summed E-state index contributed by atoms with van der Waals surface area (Å²) in [6, 6.07) is 27.2. The summed E-state index contributed by atoms with van der Waals surface area (Å²) >= 11 is 6.41. The van der Waals surface area contributed by atoms with Gasteiger partial charge in [0.2, 0.25) is 0 Å². The zero-order valence-electron chi connectivity index (χ0n) is 22.2. The fourth-order valence-electron chi connectivity index (χ4n) is 5.22. The van der Waals surface area contributed by atoms with Crippen molar-refractivity contribution in [2.24, 2.45) is 0 Å². The molecule has 5 rings (SSSR count). The highest BCUT2D eigenvalue weighted by Gasteiger charge is 2.33. The minimum atomic E-state index is -1.09. The second-order valence-electron chi connectivity index (χ2n) is 10.1. The number of aliphatic carboxylic acids is 1. The van der Waals surface area contributed by atoms with Crippen LogP contribution in [0, 0.1) is 0 Å². The number of piperidine rings is 1. The highest BCUT2D eigenvalue weighted by Crippen LogP contribution is 2.34. The molecule has 3 aromatic carbocycles. The highest BCUT2D eigenvalue weighted by atomic mass is 32.2. The molecule has 40 heavy (non-hydrogen) atoms. The molecule has 1 amide bonds. The molecule has 2 fully saturated rings. The number of ether oxygens (including phenoxy) is 1. The zero-order chi connectivity index (χ0) is 27.9. The maximum Gasteiger partial charge on any atom is 0.323 e. The number of carbonyl (C=O) groups excluding carboxylic acids is 1. The second-order valence-corrected chi connectivity index (χ2v) is 11.8. The third-order valence-corrected chi connectivity index (χ3v) is 8.60. The van der Waals surface area contributed by atoms with Crippen molar-refractivity contribution < 1.29 is 19.4 Å². The van der Waals surface area contributed by atoms with Crippen molar-refractivity contribution in [2.75, 3.05) is 13.1 Å². The smallest absolute Gasteiger partial charge is 0.323 e. The lowest BCUT2D eigenvalue weighted by Gasteiger charge is -2.36.